The summed E-state index contributed by atoms with van der Waals surface area (Å²) in [6.07, 6.45) is 1.47. The highest BCUT2D eigenvalue weighted by Gasteiger charge is 2.15. The lowest BCUT2D eigenvalue weighted by Crippen LogP contribution is -2.17. The van der Waals surface area contributed by atoms with Gasteiger partial charge in [0.1, 0.15) is 0 Å². The zero-order valence-electron chi connectivity index (χ0n) is 18.7. The smallest absolute Gasteiger partial charge is 0.343 e. The summed E-state index contributed by atoms with van der Waals surface area (Å²) < 4.78 is 21.2. The molecule has 0 saturated carbocycles. The van der Waals surface area contributed by atoms with Crippen molar-refractivity contribution in [1.82, 2.24) is 5.43 Å². The van der Waals surface area contributed by atoms with Crippen molar-refractivity contribution in [3.05, 3.63) is 82.9 Å². The van der Waals surface area contributed by atoms with Gasteiger partial charge >= 0.3 is 5.97 Å². The summed E-state index contributed by atoms with van der Waals surface area (Å²) in [7, 11) is 4.46. The van der Waals surface area contributed by atoms with Crippen molar-refractivity contribution in [3.8, 4) is 23.0 Å². The molecule has 0 saturated heterocycles. The molecule has 0 radical (unpaired) electrons. The molecule has 0 aliphatic rings. The minimum atomic E-state index is -0.582. The van der Waals surface area contributed by atoms with Crippen molar-refractivity contribution in [1.29, 1.82) is 0 Å². The Balaban J connectivity index is 1.69. The average molecular weight is 448 g/mol. The number of methoxy groups -OCH3 is 3. The van der Waals surface area contributed by atoms with E-state index in [9.17, 15) is 9.59 Å². The Morgan fingerprint density at radius 3 is 2.03 bits per heavy atom. The second-order valence-corrected chi connectivity index (χ2v) is 6.93. The van der Waals surface area contributed by atoms with Gasteiger partial charge in [-0.3, -0.25) is 4.79 Å². The number of nitrogens with zero attached hydrogens (tertiary/aromatic N) is 1. The highest BCUT2D eigenvalue weighted by molar-refractivity contribution is 5.95. The number of aryl methyl sites for hydroxylation is 1. The van der Waals surface area contributed by atoms with Gasteiger partial charge in [0, 0.05) is 5.56 Å². The van der Waals surface area contributed by atoms with Crippen LogP contribution in [0.25, 0.3) is 0 Å². The first-order valence-electron chi connectivity index (χ1n) is 9.97. The molecule has 1 N–H and O–H groups in total. The van der Waals surface area contributed by atoms with Crippen LogP contribution in [0.4, 0.5) is 0 Å². The number of benzene rings is 3. The quantitative estimate of drug-likeness (QED) is 0.242. The van der Waals surface area contributed by atoms with Crippen LogP contribution in [0.2, 0.25) is 0 Å². The van der Waals surface area contributed by atoms with Crippen molar-refractivity contribution in [2.24, 2.45) is 5.10 Å². The lowest BCUT2D eigenvalue weighted by atomic mass is 10.1. The van der Waals surface area contributed by atoms with Crippen molar-refractivity contribution in [3.63, 3.8) is 0 Å². The fourth-order valence-corrected chi connectivity index (χ4v) is 2.91. The topological polar surface area (TPSA) is 95.5 Å². The van der Waals surface area contributed by atoms with Gasteiger partial charge in [0.15, 0.2) is 23.0 Å². The highest BCUT2D eigenvalue weighted by atomic mass is 16.6. The van der Waals surface area contributed by atoms with Crippen molar-refractivity contribution in [2.75, 3.05) is 21.3 Å². The summed E-state index contributed by atoms with van der Waals surface area (Å²) in [5, 5.41) is 3.98. The van der Waals surface area contributed by atoms with Gasteiger partial charge in [0.25, 0.3) is 5.91 Å². The normalized spacial score (nSPS) is 10.5. The molecule has 3 aromatic carbocycles. The summed E-state index contributed by atoms with van der Waals surface area (Å²) in [5.74, 6) is 0.582. The minimum Gasteiger partial charge on any atom is -0.493 e. The first-order chi connectivity index (χ1) is 15.9. The Morgan fingerprint density at radius 1 is 0.758 bits per heavy atom. The number of hydrazone groups is 1. The molecule has 8 nitrogen and oxygen atoms in total. The van der Waals surface area contributed by atoms with Crippen LogP contribution in [-0.2, 0) is 0 Å². The number of carbonyl (C=O) groups is 2. The van der Waals surface area contributed by atoms with E-state index in [1.165, 1.54) is 33.6 Å². The number of hydrogen-bond donors (Lipinski definition) is 1. The molecule has 0 fully saturated rings. The molecule has 170 valence electrons. The Labute approximate surface area is 191 Å². The summed E-state index contributed by atoms with van der Waals surface area (Å²) in [5.41, 5.74) is 4.98. The summed E-state index contributed by atoms with van der Waals surface area (Å²) >= 11 is 0. The third kappa shape index (κ3) is 5.88. The Bertz CT molecular complexity index is 1170. The maximum atomic E-state index is 12.6. The van der Waals surface area contributed by atoms with E-state index in [1.807, 2.05) is 19.1 Å². The molecule has 0 bridgehead atoms. The van der Waals surface area contributed by atoms with Gasteiger partial charge in [0.05, 0.1) is 33.1 Å². The summed E-state index contributed by atoms with van der Waals surface area (Å²) in [6.45, 7) is 1.95. The van der Waals surface area contributed by atoms with Gasteiger partial charge in [-0.15, -0.1) is 0 Å². The van der Waals surface area contributed by atoms with Crippen LogP contribution >= 0.6 is 0 Å². The average Bonchev–Trinajstić information content (AvgIpc) is 2.84. The van der Waals surface area contributed by atoms with E-state index < -0.39 is 5.97 Å². The molecule has 33 heavy (non-hydrogen) atoms. The molecular formula is C25H24N2O6. The van der Waals surface area contributed by atoms with Crippen LogP contribution in [0.1, 0.15) is 31.8 Å². The lowest BCUT2D eigenvalue weighted by molar-refractivity contribution is 0.0729. The Kier molecular flexibility index (Phi) is 7.64. The molecule has 0 aliphatic heterocycles. The van der Waals surface area contributed by atoms with Crippen LogP contribution in [0, 0.1) is 6.92 Å². The largest absolute Gasteiger partial charge is 0.493 e. The molecule has 0 aromatic heterocycles. The first-order valence-corrected chi connectivity index (χ1v) is 9.97. The van der Waals surface area contributed by atoms with Gasteiger partial charge in [-0.2, -0.15) is 5.10 Å². The fourth-order valence-electron chi connectivity index (χ4n) is 2.91. The predicted molar refractivity (Wildman–Crippen MR) is 124 cm³/mol. The van der Waals surface area contributed by atoms with E-state index in [2.05, 4.69) is 10.5 Å². The number of carbonyl (C=O) groups excluding carboxylic acids is 2. The van der Waals surface area contributed by atoms with Crippen LogP contribution in [0.15, 0.2) is 65.8 Å². The van der Waals surface area contributed by atoms with Crippen LogP contribution in [0.5, 0.6) is 23.0 Å². The Hall–Kier alpha value is -4.33. The molecule has 0 atom stereocenters. The molecule has 0 heterocycles. The molecule has 0 aliphatic carbocycles. The Morgan fingerprint density at radius 2 is 1.36 bits per heavy atom. The number of rotatable bonds is 8. The predicted octanol–water partition coefficient (Wildman–Crippen LogP) is 4.00. The van der Waals surface area contributed by atoms with Crippen LogP contribution in [0.3, 0.4) is 0 Å². The number of nitrogens with one attached hydrogen (secondary N) is 1. The number of amides is 1. The monoisotopic (exact) mass is 448 g/mol. The number of esters is 1. The SMILES string of the molecule is COc1ccc(C(=O)Oc2ccc(/C=N/NC(=O)c3ccc(C)cc3)cc2OC)cc1OC. The molecule has 0 spiro atoms. The number of ether oxygens (including phenoxy) is 4. The standard InChI is InChI=1S/C25H24N2O6/c1-16-5-8-18(9-6-16)24(28)27-26-15-17-7-11-21(22(13-17)31-3)33-25(29)19-10-12-20(30-2)23(14-19)32-4/h5-15H,1-4H3,(H,27,28)/b26-15+. The van der Waals surface area contributed by atoms with Gasteiger partial charge in [0.2, 0.25) is 0 Å². The zero-order chi connectivity index (χ0) is 23.8. The fraction of sp³-hybridized carbons (Fsp3) is 0.160. The second kappa shape index (κ2) is 10.8. The highest BCUT2D eigenvalue weighted by Crippen LogP contribution is 2.31. The van der Waals surface area contributed by atoms with Gasteiger partial charge < -0.3 is 18.9 Å². The van der Waals surface area contributed by atoms with E-state index in [0.29, 0.717) is 33.9 Å². The zero-order valence-corrected chi connectivity index (χ0v) is 18.7. The van der Waals surface area contributed by atoms with E-state index in [4.69, 9.17) is 18.9 Å². The van der Waals surface area contributed by atoms with E-state index in [1.54, 1.807) is 42.5 Å². The van der Waals surface area contributed by atoms with Crippen LogP contribution < -0.4 is 24.4 Å². The van der Waals surface area contributed by atoms with Crippen molar-refractivity contribution >= 4 is 18.1 Å². The van der Waals surface area contributed by atoms with Gasteiger partial charge in [-0.05, 0) is 61.0 Å². The molecule has 3 rings (SSSR count). The van der Waals surface area contributed by atoms with E-state index >= 15 is 0 Å². The number of hydrogen-bond acceptors (Lipinski definition) is 7. The molecular weight excluding hydrogens is 424 g/mol. The first kappa shape index (κ1) is 23.3. The molecule has 0 unspecified atom stereocenters. The molecule has 3 aromatic rings. The molecule has 1 amide bonds. The van der Waals surface area contributed by atoms with Crippen LogP contribution in [-0.4, -0.2) is 39.4 Å². The lowest BCUT2D eigenvalue weighted by Gasteiger charge is -2.11. The summed E-state index contributed by atoms with van der Waals surface area (Å²) in [6, 6.07) is 16.8. The maximum absolute atomic E-state index is 12.6. The van der Waals surface area contributed by atoms with Crippen molar-refractivity contribution in [2.45, 2.75) is 6.92 Å². The van der Waals surface area contributed by atoms with Gasteiger partial charge in [-0.1, -0.05) is 17.7 Å². The summed E-state index contributed by atoms with van der Waals surface area (Å²) in [4.78, 5) is 24.7. The maximum Gasteiger partial charge on any atom is 0.343 e. The van der Waals surface area contributed by atoms with E-state index in [0.717, 1.165) is 5.56 Å². The van der Waals surface area contributed by atoms with Crippen molar-refractivity contribution < 1.29 is 28.5 Å². The third-order valence-electron chi connectivity index (χ3n) is 4.70. The minimum absolute atomic E-state index is 0.234. The molecule has 8 heteroatoms. The third-order valence-corrected chi connectivity index (χ3v) is 4.70. The second-order valence-electron chi connectivity index (χ2n) is 6.93. The van der Waals surface area contributed by atoms with E-state index in [-0.39, 0.29) is 11.7 Å². The van der Waals surface area contributed by atoms with Gasteiger partial charge in [-0.25, -0.2) is 10.2 Å².